The number of hydrogen-bond donors (Lipinski definition) is 1. The van der Waals surface area contributed by atoms with Gasteiger partial charge in [0, 0.05) is 0 Å². The first-order chi connectivity index (χ1) is 13.0. The van der Waals surface area contributed by atoms with E-state index >= 15 is 0 Å². The molecule has 0 fully saturated rings. The van der Waals surface area contributed by atoms with E-state index in [1.165, 1.54) is 19.2 Å². The molecule has 1 N–H and O–H groups in total. The van der Waals surface area contributed by atoms with E-state index in [-0.39, 0.29) is 17.2 Å². The monoisotopic (exact) mass is 413 g/mol. The molecule has 28 heavy (non-hydrogen) atoms. The van der Waals surface area contributed by atoms with Gasteiger partial charge < -0.3 is 14.8 Å². The standard InChI is InChI=1S/C19H27NO7S/c1-13(2)11-16(19(23)26-4)20-17(21)12-27-18(22)9-10-28(24,25)15-7-5-14(3)6-8-15/h5-8,13,16H,9-12H2,1-4H3,(H,20,21)/t16-/m1/s1. The maximum Gasteiger partial charge on any atom is 0.328 e. The Kier molecular flexibility index (Phi) is 9.11. The van der Waals surface area contributed by atoms with Crippen LogP contribution in [0.5, 0.6) is 0 Å². The van der Waals surface area contributed by atoms with Gasteiger partial charge in [-0.1, -0.05) is 31.5 Å². The predicted molar refractivity (Wildman–Crippen MR) is 102 cm³/mol. The van der Waals surface area contributed by atoms with Gasteiger partial charge in [-0.3, -0.25) is 9.59 Å². The Hall–Kier alpha value is -2.42. The van der Waals surface area contributed by atoms with E-state index < -0.39 is 46.1 Å². The summed E-state index contributed by atoms with van der Waals surface area (Å²) in [7, 11) is -2.40. The number of nitrogens with one attached hydrogen (secondary N) is 1. The van der Waals surface area contributed by atoms with Crippen molar-refractivity contribution in [3.8, 4) is 0 Å². The highest BCUT2D eigenvalue weighted by Gasteiger charge is 2.23. The van der Waals surface area contributed by atoms with Gasteiger partial charge in [0.25, 0.3) is 5.91 Å². The number of esters is 2. The van der Waals surface area contributed by atoms with Crippen molar-refractivity contribution < 1.29 is 32.3 Å². The second-order valence-corrected chi connectivity index (χ2v) is 8.92. The van der Waals surface area contributed by atoms with E-state index in [1.54, 1.807) is 12.1 Å². The molecule has 1 aromatic rings. The molecule has 0 saturated carbocycles. The van der Waals surface area contributed by atoms with E-state index in [2.05, 4.69) is 10.1 Å². The van der Waals surface area contributed by atoms with Crippen LogP contribution in [0.4, 0.5) is 0 Å². The lowest BCUT2D eigenvalue weighted by molar-refractivity contribution is -0.150. The van der Waals surface area contributed by atoms with Gasteiger partial charge in [-0.2, -0.15) is 0 Å². The molecule has 0 aromatic heterocycles. The van der Waals surface area contributed by atoms with Crippen LogP contribution in [0, 0.1) is 12.8 Å². The minimum atomic E-state index is -3.62. The molecular formula is C19H27NO7S. The number of sulfone groups is 1. The largest absolute Gasteiger partial charge is 0.467 e. The Morgan fingerprint density at radius 3 is 2.25 bits per heavy atom. The van der Waals surface area contributed by atoms with E-state index in [4.69, 9.17) is 4.74 Å². The molecule has 0 heterocycles. The lowest BCUT2D eigenvalue weighted by Gasteiger charge is -2.18. The molecule has 0 saturated heterocycles. The quantitative estimate of drug-likeness (QED) is 0.577. The zero-order valence-electron chi connectivity index (χ0n) is 16.6. The Balaban J connectivity index is 2.49. The molecule has 1 amide bonds. The van der Waals surface area contributed by atoms with Gasteiger partial charge in [0.2, 0.25) is 0 Å². The van der Waals surface area contributed by atoms with Gasteiger partial charge in [0.15, 0.2) is 16.4 Å². The lowest BCUT2D eigenvalue weighted by Crippen LogP contribution is -2.44. The summed E-state index contributed by atoms with van der Waals surface area (Å²) >= 11 is 0. The van der Waals surface area contributed by atoms with Crippen molar-refractivity contribution in [2.75, 3.05) is 19.5 Å². The van der Waals surface area contributed by atoms with Gasteiger partial charge in [-0.15, -0.1) is 0 Å². The molecule has 0 aliphatic heterocycles. The topological polar surface area (TPSA) is 116 Å². The molecule has 9 heteroatoms. The van der Waals surface area contributed by atoms with Crippen molar-refractivity contribution in [3.05, 3.63) is 29.8 Å². The van der Waals surface area contributed by atoms with Crippen molar-refractivity contribution in [2.24, 2.45) is 5.92 Å². The first-order valence-electron chi connectivity index (χ1n) is 8.87. The summed E-state index contributed by atoms with van der Waals surface area (Å²) in [5.74, 6) is -2.35. The smallest absolute Gasteiger partial charge is 0.328 e. The SMILES string of the molecule is COC(=O)[C@@H](CC(C)C)NC(=O)COC(=O)CCS(=O)(=O)c1ccc(C)cc1. The van der Waals surface area contributed by atoms with Crippen LogP contribution in [0.15, 0.2) is 29.2 Å². The third-order valence-corrected chi connectivity index (χ3v) is 5.58. The Labute approximate surface area is 165 Å². The second kappa shape index (κ2) is 10.8. The molecule has 1 rings (SSSR count). The highest BCUT2D eigenvalue weighted by Crippen LogP contribution is 2.13. The zero-order valence-corrected chi connectivity index (χ0v) is 17.4. The molecule has 0 unspecified atom stereocenters. The maximum absolute atomic E-state index is 12.2. The number of amides is 1. The zero-order chi connectivity index (χ0) is 21.3. The van der Waals surface area contributed by atoms with Crippen LogP contribution in [0.3, 0.4) is 0 Å². The maximum atomic E-state index is 12.2. The van der Waals surface area contributed by atoms with Crippen LogP contribution in [0.2, 0.25) is 0 Å². The lowest BCUT2D eigenvalue weighted by atomic mass is 10.0. The molecule has 0 radical (unpaired) electrons. The number of rotatable bonds is 10. The second-order valence-electron chi connectivity index (χ2n) is 6.82. The highest BCUT2D eigenvalue weighted by molar-refractivity contribution is 7.91. The average molecular weight is 413 g/mol. The molecule has 0 aliphatic rings. The number of aryl methyl sites for hydroxylation is 1. The summed E-state index contributed by atoms with van der Waals surface area (Å²) in [6.07, 6.45) is -0.00291. The summed E-state index contributed by atoms with van der Waals surface area (Å²) in [6, 6.07) is 5.46. The van der Waals surface area contributed by atoms with E-state index in [0.29, 0.717) is 6.42 Å². The summed E-state index contributed by atoms with van der Waals surface area (Å²) in [4.78, 5) is 35.5. The minimum absolute atomic E-state index is 0.123. The van der Waals surface area contributed by atoms with Crippen molar-refractivity contribution in [1.82, 2.24) is 5.32 Å². The Morgan fingerprint density at radius 2 is 1.71 bits per heavy atom. The van der Waals surface area contributed by atoms with Gasteiger partial charge in [-0.05, 0) is 31.4 Å². The van der Waals surface area contributed by atoms with E-state index in [9.17, 15) is 22.8 Å². The average Bonchev–Trinajstić information content (AvgIpc) is 2.63. The number of benzene rings is 1. The van der Waals surface area contributed by atoms with Crippen molar-refractivity contribution in [3.63, 3.8) is 0 Å². The molecule has 156 valence electrons. The van der Waals surface area contributed by atoms with Crippen LogP contribution in [0.25, 0.3) is 0 Å². The van der Waals surface area contributed by atoms with Gasteiger partial charge in [0.1, 0.15) is 6.04 Å². The number of carbonyl (C=O) groups excluding carboxylic acids is 3. The number of methoxy groups -OCH3 is 1. The minimum Gasteiger partial charge on any atom is -0.467 e. The van der Waals surface area contributed by atoms with Gasteiger partial charge in [-0.25, -0.2) is 13.2 Å². The molecule has 0 aliphatic carbocycles. The fourth-order valence-electron chi connectivity index (χ4n) is 2.36. The van der Waals surface area contributed by atoms with Crippen LogP contribution in [-0.4, -0.2) is 51.8 Å². The summed E-state index contributed by atoms with van der Waals surface area (Å²) in [5.41, 5.74) is 0.923. The first kappa shape index (κ1) is 23.6. The van der Waals surface area contributed by atoms with Crippen LogP contribution >= 0.6 is 0 Å². The summed E-state index contributed by atoms with van der Waals surface area (Å²) in [5, 5.41) is 2.45. The fraction of sp³-hybridized carbons (Fsp3) is 0.526. The third kappa shape index (κ3) is 8.08. The Morgan fingerprint density at radius 1 is 1.11 bits per heavy atom. The van der Waals surface area contributed by atoms with Crippen molar-refractivity contribution >= 4 is 27.7 Å². The normalized spacial score (nSPS) is 12.3. The molecule has 8 nitrogen and oxygen atoms in total. The first-order valence-corrected chi connectivity index (χ1v) is 10.5. The van der Waals surface area contributed by atoms with E-state index in [0.717, 1.165) is 5.56 Å². The number of hydrogen-bond acceptors (Lipinski definition) is 7. The molecule has 1 atom stereocenters. The number of carbonyl (C=O) groups is 3. The molecular weight excluding hydrogens is 386 g/mol. The third-order valence-electron chi connectivity index (χ3n) is 3.85. The molecule has 0 spiro atoms. The molecule has 1 aromatic carbocycles. The van der Waals surface area contributed by atoms with Crippen molar-refractivity contribution in [1.29, 1.82) is 0 Å². The van der Waals surface area contributed by atoms with Crippen LogP contribution < -0.4 is 5.32 Å². The van der Waals surface area contributed by atoms with Crippen molar-refractivity contribution in [2.45, 2.75) is 44.6 Å². The number of ether oxygens (including phenoxy) is 2. The summed E-state index contributed by atoms with van der Waals surface area (Å²) in [6.45, 7) is 5.01. The van der Waals surface area contributed by atoms with Gasteiger partial charge >= 0.3 is 11.9 Å². The summed E-state index contributed by atoms with van der Waals surface area (Å²) < 4.78 is 33.9. The van der Waals surface area contributed by atoms with Gasteiger partial charge in [0.05, 0.1) is 24.2 Å². The predicted octanol–water partition coefficient (Wildman–Crippen LogP) is 1.41. The fourth-order valence-corrected chi connectivity index (χ4v) is 3.58. The Bertz CT molecular complexity index is 785. The van der Waals surface area contributed by atoms with Crippen LogP contribution in [0.1, 0.15) is 32.3 Å². The highest BCUT2D eigenvalue weighted by atomic mass is 32.2. The van der Waals surface area contributed by atoms with E-state index in [1.807, 2.05) is 20.8 Å². The molecule has 0 bridgehead atoms. The van der Waals surface area contributed by atoms with Crippen LogP contribution in [-0.2, 0) is 33.7 Å².